The number of carbonyl (C=O) groups excluding carboxylic acids is 1. The van der Waals surface area contributed by atoms with Crippen molar-refractivity contribution in [1.82, 2.24) is 0 Å². The van der Waals surface area contributed by atoms with E-state index in [-0.39, 0.29) is 5.78 Å². The Balaban J connectivity index is 2.49. The fraction of sp³-hybridized carbons (Fsp3) is 0.875. The summed E-state index contributed by atoms with van der Waals surface area (Å²) in [5.41, 5.74) is 0. The number of Topliss-reactive ketones (excluding diaryl/α,β-unsaturated/α-hetero) is 1. The van der Waals surface area contributed by atoms with Crippen molar-refractivity contribution < 1.29 is 9.90 Å². The van der Waals surface area contributed by atoms with Gasteiger partial charge in [0, 0.05) is 6.42 Å². The summed E-state index contributed by atoms with van der Waals surface area (Å²) in [5, 5.41) is 8.64. The molecule has 1 saturated carbocycles. The predicted molar refractivity (Wildman–Crippen MR) is 43.7 cm³/mol. The van der Waals surface area contributed by atoms with Gasteiger partial charge in [0.15, 0.2) is 5.78 Å². The van der Waals surface area contributed by atoms with Crippen molar-refractivity contribution >= 4 is 17.4 Å². The molecule has 0 aromatic carbocycles. The van der Waals surface area contributed by atoms with Gasteiger partial charge in [0.1, 0.15) is 5.38 Å². The number of carbonyl (C=O) groups is 1. The monoisotopic (exact) mass is 176 g/mol. The molecular weight excluding hydrogens is 164 g/mol. The summed E-state index contributed by atoms with van der Waals surface area (Å²) >= 11 is 5.69. The lowest BCUT2D eigenvalue weighted by Crippen LogP contribution is -2.30. The fourth-order valence-electron chi connectivity index (χ4n) is 1.33. The first-order valence-corrected chi connectivity index (χ1v) is 4.50. The predicted octanol–water partition coefficient (Wildman–Crippen LogP) is 1.49. The lowest BCUT2D eigenvalue weighted by molar-refractivity contribution is -0.121. The van der Waals surface area contributed by atoms with Crippen LogP contribution in [-0.4, -0.2) is 22.4 Å². The van der Waals surface area contributed by atoms with Crippen LogP contribution in [-0.2, 0) is 4.79 Å². The Morgan fingerprint density at radius 1 is 1.36 bits per heavy atom. The smallest absolute Gasteiger partial charge is 0.153 e. The van der Waals surface area contributed by atoms with Gasteiger partial charge in [-0.25, -0.2) is 0 Å². The minimum Gasteiger partial charge on any atom is -0.391 e. The van der Waals surface area contributed by atoms with E-state index < -0.39 is 11.5 Å². The third-order valence-corrected chi connectivity index (χ3v) is 2.60. The third kappa shape index (κ3) is 2.46. The molecule has 0 radical (unpaired) electrons. The maximum Gasteiger partial charge on any atom is 0.153 e. The topological polar surface area (TPSA) is 37.3 Å². The first-order chi connectivity index (χ1) is 5.22. The Morgan fingerprint density at radius 3 is 2.82 bits per heavy atom. The van der Waals surface area contributed by atoms with E-state index in [4.69, 9.17) is 11.6 Å². The first kappa shape index (κ1) is 9.01. The number of halogens is 1. The van der Waals surface area contributed by atoms with E-state index in [1.54, 1.807) is 0 Å². The fourth-order valence-corrected chi connectivity index (χ4v) is 1.56. The Bertz CT molecular complexity index is 147. The van der Waals surface area contributed by atoms with Crippen LogP contribution in [0.25, 0.3) is 0 Å². The third-order valence-electron chi connectivity index (χ3n) is 2.07. The van der Waals surface area contributed by atoms with E-state index in [1.807, 2.05) is 0 Å². The van der Waals surface area contributed by atoms with Gasteiger partial charge in [-0.1, -0.05) is 12.8 Å². The SMILES string of the molecule is O=C1CCCCCC(O)C1Cl. The van der Waals surface area contributed by atoms with Gasteiger partial charge in [0.05, 0.1) is 6.10 Å². The zero-order valence-corrected chi connectivity index (χ0v) is 7.18. The zero-order valence-electron chi connectivity index (χ0n) is 6.42. The Labute approximate surface area is 71.5 Å². The number of hydrogen-bond acceptors (Lipinski definition) is 2. The number of aliphatic hydroxyl groups excluding tert-OH is 1. The van der Waals surface area contributed by atoms with Crippen LogP contribution in [0.5, 0.6) is 0 Å². The number of aliphatic hydroxyl groups is 1. The molecule has 1 aliphatic carbocycles. The highest BCUT2D eigenvalue weighted by molar-refractivity contribution is 6.31. The summed E-state index contributed by atoms with van der Waals surface area (Å²) in [6.45, 7) is 0. The molecule has 3 heteroatoms. The average molecular weight is 177 g/mol. The van der Waals surface area contributed by atoms with Crippen LogP contribution in [0.2, 0.25) is 0 Å². The Hall–Kier alpha value is -0.0800. The van der Waals surface area contributed by atoms with Crippen LogP contribution in [0.4, 0.5) is 0 Å². The summed E-state index contributed by atoms with van der Waals surface area (Å²) in [5.74, 6) is -0.00105. The van der Waals surface area contributed by atoms with E-state index in [9.17, 15) is 9.90 Å². The molecule has 0 aromatic rings. The average Bonchev–Trinajstić information content (AvgIpc) is 2.00. The molecule has 64 valence electrons. The van der Waals surface area contributed by atoms with E-state index in [2.05, 4.69) is 0 Å². The molecule has 1 aliphatic rings. The van der Waals surface area contributed by atoms with Crippen molar-refractivity contribution in [2.45, 2.75) is 43.6 Å². The van der Waals surface area contributed by atoms with Crippen LogP contribution in [0.3, 0.4) is 0 Å². The van der Waals surface area contributed by atoms with Crippen molar-refractivity contribution in [2.75, 3.05) is 0 Å². The molecule has 1 rings (SSSR count). The number of alkyl halides is 1. The molecule has 0 saturated heterocycles. The Kier molecular flexibility index (Phi) is 3.34. The van der Waals surface area contributed by atoms with Crippen molar-refractivity contribution in [3.63, 3.8) is 0 Å². The molecule has 2 unspecified atom stereocenters. The highest BCUT2D eigenvalue weighted by atomic mass is 35.5. The lowest BCUT2D eigenvalue weighted by Gasteiger charge is -2.18. The molecule has 0 aromatic heterocycles. The lowest BCUT2D eigenvalue weighted by atomic mass is 9.97. The first-order valence-electron chi connectivity index (χ1n) is 4.06. The molecule has 0 aliphatic heterocycles. The van der Waals surface area contributed by atoms with E-state index in [0.717, 1.165) is 19.3 Å². The number of hydrogen-bond donors (Lipinski definition) is 1. The highest BCUT2D eigenvalue weighted by Gasteiger charge is 2.24. The van der Waals surface area contributed by atoms with Crippen molar-refractivity contribution in [1.29, 1.82) is 0 Å². The molecule has 1 fully saturated rings. The maximum absolute atomic E-state index is 11.1. The second-order valence-corrected chi connectivity index (χ2v) is 3.50. The standard InChI is InChI=1S/C8H13ClO2/c9-8-6(10)4-2-1-3-5-7(8)11/h6,8,10H,1-5H2. The molecule has 0 spiro atoms. The molecular formula is C8H13ClO2. The van der Waals surface area contributed by atoms with E-state index in [0.29, 0.717) is 12.8 Å². The normalized spacial score (nSPS) is 34.5. The summed E-state index contributed by atoms with van der Waals surface area (Å²) in [4.78, 5) is 11.1. The van der Waals surface area contributed by atoms with Gasteiger partial charge in [0.25, 0.3) is 0 Å². The second-order valence-electron chi connectivity index (χ2n) is 3.03. The van der Waals surface area contributed by atoms with Crippen LogP contribution >= 0.6 is 11.6 Å². The summed E-state index contributed by atoms with van der Waals surface area (Å²) in [6, 6.07) is 0. The minimum atomic E-state index is -0.657. The number of rotatable bonds is 0. The van der Waals surface area contributed by atoms with Gasteiger partial charge < -0.3 is 5.11 Å². The molecule has 1 N–H and O–H groups in total. The second kappa shape index (κ2) is 4.07. The van der Waals surface area contributed by atoms with Gasteiger partial charge in [-0.2, -0.15) is 0 Å². The summed E-state index contributed by atoms with van der Waals surface area (Å²) < 4.78 is 0. The number of ketones is 1. The highest BCUT2D eigenvalue weighted by Crippen LogP contribution is 2.18. The van der Waals surface area contributed by atoms with Crippen molar-refractivity contribution in [2.24, 2.45) is 0 Å². The van der Waals surface area contributed by atoms with Crippen LogP contribution in [0, 0.1) is 0 Å². The van der Waals surface area contributed by atoms with Crippen LogP contribution in [0.15, 0.2) is 0 Å². The van der Waals surface area contributed by atoms with Crippen molar-refractivity contribution in [3.8, 4) is 0 Å². The maximum atomic E-state index is 11.1. The van der Waals surface area contributed by atoms with E-state index >= 15 is 0 Å². The molecule has 2 nitrogen and oxygen atoms in total. The molecule has 0 bridgehead atoms. The Morgan fingerprint density at radius 2 is 2.09 bits per heavy atom. The zero-order chi connectivity index (χ0) is 8.27. The molecule has 11 heavy (non-hydrogen) atoms. The van der Waals surface area contributed by atoms with Crippen LogP contribution < -0.4 is 0 Å². The minimum absolute atomic E-state index is 0.00105. The van der Waals surface area contributed by atoms with Gasteiger partial charge in [-0.3, -0.25) is 4.79 Å². The van der Waals surface area contributed by atoms with Gasteiger partial charge in [0.2, 0.25) is 0 Å². The van der Waals surface area contributed by atoms with Gasteiger partial charge in [-0.05, 0) is 12.8 Å². The molecule has 0 amide bonds. The summed E-state index contributed by atoms with van der Waals surface area (Å²) in [6.07, 6.45) is 3.52. The van der Waals surface area contributed by atoms with Crippen molar-refractivity contribution in [3.05, 3.63) is 0 Å². The molecule has 2 atom stereocenters. The quantitative estimate of drug-likeness (QED) is 0.568. The largest absolute Gasteiger partial charge is 0.391 e. The van der Waals surface area contributed by atoms with Gasteiger partial charge in [-0.15, -0.1) is 11.6 Å². The van der Waals surface area contributed by atoms with Crippen LogP contribution in [0.1, 0.15) is 32.1 Å². The molecule has 0 heterocycles. The van der Waals surface area contributed by atoms with Gasteiger partial charge >= 0.3 is 0 Å². The van der Waals surface area contributed by atoms with E-state index in [1.165, 1.54) is 0 Å². The summed E-state index contributed by atoms with van der Waals surface area (Å²) in [7, 11) is 0.